The lowest BCUT2D eigenvalue weighted by Crippen LogP contribution is -2.18. The Hall–Kier alpha value is -2.82. The number of carbonyl (C=O) groups is 2. The molecule has 0 aliphatic carbocycles. The van der Waals surface area contributed by atoms with Gasteiger partial charge in [0.15, 0.2) is 0 Å². The molecular weight excluding hydrogens is 316 g/mol. The van der Waals surface area contributed by atoms with Gasteiger partial charge in [-0.15, -0.1) is 0 Å². The van der Waals surface area contributed by atoms with Gasteiger partial charge < -0.3 is 15.4 Å². The topological polar surface area (TPSA) is 67.4 Å². The zero-order valence-corrected chi connectivity index (χ0v) is 14.3. The fraction of sp³-hybridized carbons (Fsp3) is 0.300. The van der Waals surface area contributed by atoms with Crippen LogP contribution in [0.15, 0.2) is 42.5 Å². The summed E-state index contributed by atoms with van der Waals surface area (Å²) in [5.74, 6) is 0.820. The summed E-state index contributed by atoms with van der Waals surface area (Å²) in [7, 11) is 0. The normalized spacial score (nSPS) is 12.9. The first kappa shape index (κ1) is 17.0. The number of anilines is 2. The van der Waals surface area contributed by atoms with Crippen LogP contribution in [0.5, 0.6) is 5.75 Å². The smallest absolute Gasteiger partial charge is 0.224 e. The molecule has 0 saturated heterocycles. The molecule has 0 fully saturated rings. The average Bonchev–Trinajstić information content (AvgIpc) is 2.61. The maximum atomic E-state index is 12.0. The Balaban J connectivity index is 1.43. The maximum Gasteiger partial charge on any atom is 0.224 e. The highest BCUT2D eigenvalue weighted by atomic mass is 16.5. The summed E-state index contributed by atoms with van der Waals surface area (Å²) < 4.78 is 5.73. The van der Waals surface area contributed by atoms with Crippen molar-refractivity contribution in [3.63, 3.8) is 0 Å². The highest BCUT2D eigenvalue weighted by Crippen LogP contribution is 2.26. The molecule has 1 heterocycles. The van der Waals surface area contributed by atoms with Gasteiger partial charge in [0.2, 0.25) is 11.8 Å². The molecule has 130 valence electrons. The number of amides is 2. The van der Waals surface area contributed by atoms with Crippen LogP contribution in [0.1, 0.15) is 30.4 Å². The third-order valence-electron chi connectivity index (χ3n) is 4.21. The number of hydrogen-bond donors (Lipinski definition) is 2. The molecule has 0 atom stereocenters. The molecule has 5 heteroatoms. The number of aryl methyl sites for hydroxylation is 2. The molecule has 25 heavy (non-hydrogen) atoms. The Kier molecular flexibility index (Phi) is 5.33. The van der Waals surface area contributed by atoms with Crippen molar-refractivity contribution in [2.24, 2.45) is 0 Å². The molecule has 2 aromatic rings. The van der Waals surface area contributed by atoms with Crippen molar-refractivity contribution in [2.45, 2.75) is 32.6 Å². The van der Waals surface area contributed by atoms with Gasteiger partial charge in [-0.3, -0.25) is 9.59 Å². The van der Waals surface area contributed by atoms with Crippen LogP contribution in [0.2, 0.25) is 0 Å². The minimum atomic E-state index is -0.00828. The van der Waals surface area contributed by atoms with E-state index in [0.29, 0.717) is 25.9 Å². The molecule has 2 amide bonds. The summed E-state index contributed by atoms with van der Waals surface area (Å²) in [4.78, 5) is 23.3. The molecule has 1 aliphatic heterocycles. The van der Waals surface area contributed by atoms with Crippen LogP contribution in [0.4, 0.5) is 11.4 Å². The number of hydrogen-bond acceptors (Lipinski definition) is 3. The summed E-state index contributed by atoms with van der Waals surface area (Å²) in [5, 5.41) is 5.77. The standard InChI is InChI=1S/C20H22N2O3/c1-14-5-2-3-6-17(14)21-19(23)7-4-12-25-16-9-10-18-15(13-16)8-11-20(24)22-18/h2-3,5-6,9-10,13H,4,7-8,11-12H2,1H3,(H,21,23)(H,22,24). The van der Waals surface area contributed by atoms with Crippen molar-refractivity contribution in [3.8, 4) is 5.75 Å². The Bertz CT molecular complexity index is 786. The van der Waals surface area contributed by atoms with Gasteiger partial charge >= 0.3 is 0 Å². The second kappa shape index (κ2) is 7.83. The van der Waals surface area contributed by atoms with Gasteiger partial charge in [-0.05, 0) is 55.2 Å². The van der Waals surface area contributed by atoms with Gasteiger partial charge in [0.1, 0.15) is 5.75 Å². The van der Waals surface area contributed by atoms with Crippen molar-refractivity contribution in [1.29, 1.82) is 0 Å². The van der Waals surface area contributed by atoms with E-state index in [1.165, 1.54) is 0 Å². The molecule has 0 aromatic heterocycles. The molecule has 0 spiro atoms. The number of ether oxygens (including phenoxy) is 1. The van der Waals surface area contributed by atoms with Gasteiger partial charge in [0.05, 0.1) is 6.61 Å². The van der Waals surface area contributed by atoms with Gasteiger partial charge in [-0.2, -0.15) is 0 Å². The molecular formula is C20H22N2O3. The summed E-state index contributed by atoms with van der Waals surface area (Å²) in [5.41, 5.74) is 3.86. The van der Waals surface area contributed by atoms with E-state index in [4.69, 9.17) is 4.74 Å². The van der Waals surface area contributed by atoms with Crippen LogP contribution in [0, 0.1) is 6.92 Å². The monoisotopic (exact) mass is 338 g/mol. The Morgan fingerprint density at radius 3 is 2.88 bits per heavy atom. The quantitative estimate of drug-likeness (QED) is 0.790. The zero-order valence-electron chi connectivity index (χ0n) is 14.3. The number of rotatable bonds is 6. The third-order valence-corrected chi connectivity index (χ3v) is 4.21. The highest BCUT2D eigenvalue weighted by molar-refractivity contribution is 5.94. The first-order valence-electron chi connectivity index (χ1n) is 8.53. The van der Waals surface area contributed by atoms with Crippen LogP contribution in [-0.4, -0.2) is 18.4 Å². The summed E-state index contributed by atoms with van der Waals surface area (Å²) in [6.45, 7) is 2.45. The van der Waals surface area contributed by atoms with Gasteiger partial charge in [-0.1, -0.05) is 18.2 Å². The van der Waals surface area contributed by atoms with Crippen LogP contribution >= 0.6 is 0 Å². The second-order valence-corrected chi connectivity index (χ2v) is 6.18. The van der Waals surface area contributed by atoms with Gasteiger partial charge in [-0.25, -0.2) is 0 Å². The minimum Gasteiger partial charge on any atom is -0.494 e. The lowest BCUT2D eigenvalue weighted by Gasteiger charge is -2.17. The molecule has 2 N–H and O–H groups in total. The molecule has 0 bridgehead atoms. The molecule has 0 unspecified atom stereocenters. The summed E-state index contributed by atoms with van der Waals surface area (Å²) >= 11 is 0. The van der Waals surface area contributed by atoms with Crippen LogP contribution in [0.3, 0.4) is 0 Å². The second-order valence-electron chi connectivity index (χ2n) is 6.18. The van der Waals surface area contributed by atoms with Gasteiger partial charge in [0.25, 0.3) is 0 Å². The molecule has 3 rings (SSSR count). The first-order chi connectivity index (χ1) is 12.1. The predicted octanol–water partition coefficient (Wildman–Crippen LogP) is 3.68. The molecule has 1 aliphatic rings. The molecule has 2 aromatic carbocycles. The SMILES string of the molecule is Cc1ccccc1NC(=O)CCCOc1ccc2c(c1)CCC(=O)N2. The van der Waals surface area contributed by atoms with E-state index < -0.39 is 0 Å². The first-order valence-corrected chi connectivity index (χ1v) is 8.53. The van der Waals surface area contributed by atoms with Crippen LogP contribution < -0.4 is 15.4 Å². The Morgan fingerprint density at radius 1 is 1.20 bits per heavy atom. The van der Waals surface area contributed by atoms with E-state index in [0.717, 1.165) is 34.7 Å². The lowest BCUT2D eigenvalue weighted by molar-refractivity contribution is -0.117. The van der Waals surface area contributed by atoms with Crippen LogP contribution in [-0.2, 0) is 16.0 Å². The Morgan fingerprint density at radius 2 is 2.04 bits per heavy atom. The fourth-order valence-corrected chi connectivity index (χ4v) is 2.80. The Labute approximate surface area is 147 Å². The number of para-hydroxylation sites is 1. The van der Waals surface area contributed by atoms with E-state index in [1.54, 1.807) is 0 Å². The zero-order chi connectivity index (χ0) is 17.6. The molecule has 0 saturated carbocycles. The number of nitrogens with one attached hydrogen (secondary N) is 2. The number of benzene rings is 2. The van der Waals surface area contributed by atoms with E-state index in [9.17, 15) is 9.59 Å². The third kappa shape index (κ3) is 4.59. The van der Waals surface area contributed by atoms with Crippen molar-refractivity contribution in [1.82, 2.24) is 0 Å². The van der Waals surface area contributed by atoms with Gasteiger partial charge in [0, 0.05) is 24.2 Å². The summed E-state index contributed by atoms with van der Waals surface area (Å²) in [6.07, 6.45) is 2.30. The average molecular weight is 338 g/mol. The van der Waals surface area contributed by atoms with Crippen molar-refractivity contribution >= 4 is 23.2 Å². The maximum absolute atomic E-state index is 12.0. The van der Waals surface area contributed by atoms with Crippen molar-refractivity contribution in [2.75, 3.05) is 17.2 Å². The van der Waals surface area contributed by atoms with E-state index in [1.807, 2.05) is 49.4 Å². The number of carbonyl (C=O) groups excluding carboxylic acids is 2. The van der Waals surface area contributed by atoms with E-state index in [-0.39, 0.29) is 11.8 Å². The number of fused-ring (bicyclic) bond motifs is 1. The minimum absolute atomic E-state index is 0.00828. The van der Waals surface area contributed by atoms with E-state index in [2.05, 4.69) is 10.6 Å². The fourth-order valence-electron chi connectivity index (χ4n) is 2.80. The van der Waals surface area contributed by atoms with Crippen molar-refractivity contribution < 1.29 is 14.3 Å². The lowest BCUT2D eigenvalue weighted by atomic mass is 10.0. The summed E-state index contributed by atoms with van der Waals surface area (Å²) in [6, 6.07) is 13.4. The van der Waals surface area contributed by atoms with Crippen LogP contribution in [0.25, 0.3) is 0 Å². The highest BCUT2D eigenvalue weighted by Gasteiger charge is 2.15. The molecule has 0 radical (unpaired) electrons. The predicted molar refractivity (Wildman–Crippen MR) is 97.9 cm³/mol. The largest absolute Gasteiger partial charge is 0.494 e. The van der Waals surface area contributed by atoms with E-state index >= 15 is 0 Å². The molecule has 5 nitrogen and oxygen atoms in total. The van der Waals surface area contributed by atoms with Crippen molar-refractivity contribution in [3.05, 3.63) is 53.6 Å².